The molecule has 1 fully saturated rings. The Bertz CT molecular complexity index is 300. The average molecular weight is 271 g/mol. The van der Waals surface area contributed by atoms with Crippen LogP contribution in [0.2, 0.25) is 0 Å². The van der Waals surface area contributed by atoms with E-state index in [1.54, 1.807) is 11.8 Å². The molecule has 6 heteroatoms. The molecule has 0 aromatic heterocycles. The molecule has 1 rings (SSSR count). The molecule has 1 aliphatic heterocycles. The maximum absolute atomic E-state index is 12.0. The standard InChI is InChI=1S/C13H25N3O3/c1-4-16(5-2)12(17)10(3)15-13(18)14-9-11-7-6-8-19-11/h10-11H,4-9H2,1-3H3,(H2,14,15,18)/t10-,11+/m1/s1. The van der Waals surface area contributed by atoms with Crippen LogP contribution in [0.25, 0.3) is 0 Å². The minimum Gasteiger partial charge on any atom is -0.376 e. The largest absolute Gasteiger partial charge is 0.376 e. The number of amides is 3. The highest BCUT2D eigenvalue weighted by molar-refractivity contribution is 5.86. The maximum Gasteiger partial charge on any atom is 0.315 e. The van der Waals surface area contributed by atoms with Gasteiger partial charge in [-0.1, -0.05) is 0 Å². The van der Waals surface area contributed by atoms with Crippen molar-refractivity contribution in [3.05, 3.63) is 0 Å². The molecular weight excluding hydrogens is 246 g/mol. The minimum atomic E-state index is -0.510. The second-order valence-corrected chi connectivity index (χ2v) is 4.72. The molecule has 0 unspecified atom stereocenters. The van der Waals surface area contributed by atoms with Crippen molar-refractivity contribution < 1.29 is 14.3 Å². The van der Waals surface area contributed by atoms with Crippen LogP contribution >= 0.6 is 0 Å². The fourth-order valence-corrected chi connectivity index (χ4v) is 2.13. The van der Waals surface area contributed by atoms with Gasteiger partial charge >= 0.3 is 6.03 Å². The molecule has 1 aliphatic rings. The van der Waals surface area contributed by atoms with E-state index in [1.807, 2.05) is 13.8 Å². The van der Waals surface area contributed by atoms with Crippen molar-refractivity contribution in [2.75, 3.05) is 26.2 Å². The first-order valence-electron chi connectivity index (χ1n) is 7.03. The van der Waals surface area contributed by atoms with Gasteiger partial charge in [-0.2, -0.15) is 0 Å². The Labute approximate surface area is 114 Å². The molecule has 0 bridgehead atoms. The zero-order valence-electron chi connectivity index (χ0n) is 12.1. The quantitative estimate of drug-likeness (QED) is 0.748. The highest BCUT2D eigenvalue weighted by Gasteiger charge is 2.21. The van der Waals surface area contributed by atoms with Crippen LogP contribution in [0.3, 0.4) is 0 Å². The summed E-state index contributed by atoms with van der Waals surface area (Å²) in [6.45, 7) is 8.12. The third-order valence-corrected chi connectivity index (χ3v) is 3.31. The zero-order chi connectivity index (χ0) is 14.3. The van der Waals surface area contributed by atoms with Crippen LogP contribution in [-0.2, 0) is 9.53 Å². The van der Waals surface area contributed by atoms with Crippen molar-refractivity contribution in [1.82, 2.24) is 15.5 Å². The van der Waals surface area contributed by atoms with Crippen molar-refractivity contribution in [2.45, 2.75) is 45.8 Å². The Balaban J connectivity index is 2.28. The van der Waals surface area contributed by atoms with Gasteiger partial charge in [0.05, 0.1) is 6.10 Å². The molecule has 0 aliphatic carbocycles. The number of likely N-dealkylation sites (N-methyl/N-ethyl adjacent to an activating group) is 1. The van der Waals surface area contributed by atoms with E-state index in [2.05, 4.69) is 10.6 Å². The van der Waals surface area contributed by atoms with Gasteiger partial charge in [0.15, 0.2) is 0 Å². The molecule has 0 saturated carbocycles. The van der Waals surface area contributed by atoms with Crippen LogP contribution in [0.4, 0.5) is 4.79 Å². The normalized spacial score (nSPS) is 19.8. The van der Waals surface area contributed by atoms with Crippen molar-refractivity contribution in [3.8, 4) is 0 Å². The molecule has 6 nitrogen and oxygen atoms in total. The lowest BCUT2D eigenvalue weighted by Crippen LogP contribution is -2.50. The monoisotopic (exact) mass is 271 g/mol. The third-order valence-electron chi connectivity index (χ3n) is 3.31. The molecule has 0 spiro atoms. The zero-order valence-corrected chi connectivity index (χ0v) is 12.1. The number of carbonyl (C=O) groups is 2. The number of ether oxygens (including phenoxy) is 1. The van der Waals surface area contributed by atoms with E-state index in [9.17, 15) is 9.59 Å². The van der Waals surface area contributed by atoms with Crippen molar-refractivity contribution in [3.63, 3.8) is 0 Å². The molecule has 0 radical (unpaired) electrons. The van der Waals surface area contributed by atoms with Gasteiger partial charge in [0.2, 0.25) is 5.91 Å². The summed E-state index contributed by atoms with van der Waals surface area (Å²) in [4.78, 5) is 25.3. The molecule has 2 N–H and O–H groups in total. The SMILES string of the molecule is CCN(CC)C(=O)[C@@H](C)NC(=O)NC[C@@H]1CCCO1. The summed E-state index contributed by atoms with van der Waals surface area (Å²) >= 11 is 0. The van der Waals surface area contributed by atoms with Crippen LogP contribution < -0.4 is 10.6 Å². The molecule has 19 heavy (non-hydrogen) atoms. The van der Waals surface area contributed by atoms with E-state index in [4.69, 9.17) is 4.74 Å². The average Bonchev–Trinajstić information content (AvgIpc) is 2.90. The predicted molar refractivity (Wildman–Crippen MR) is 72.9 cm³/mol. The Kier molecular flexibility index (Phi) is 6.62. The van der Waals surface area contributed by atoms with Gasteiger partial charge in [0.25, 0.3) is 0 Å². The first-order chi connectivity index (χ1) is 9.08. The highest BCUT2D eigenvalue weighted by Crippen LogP contribution is 2.10. The molecule has 1 saturated heterocycles. The fourth-order valence-electron chi connectivity index (χ4n) is 2.13. The molecule has 0 aromatic rings. The summed E-state index contributed by atoms with van der Waals surface area (Å²) in [5, 5.41) is 5.40. The Morgan fingerprint density at radius 2 is 2.05 bits per heavy atom. The van der Waals surface area contributed by atoms with Gasteiger partial charge in [0, 0.05) is 26.2 Å². The van der Waals surface area contributed by atoms with Crippen molar-refractivity contribution >= 4 is 11.9 Å². The Morgan fingerprint density at radius 1 is 1.37 bits per heavy atom. The summed E-state index contributed by atoms with van der Waals surface area (Å²) < 4.78 is 5.41. The lowest BCUT2D eigenvalue weighted by molar-refractivity contribution is -0.132. The second kappa shape index (κ2) is 7.99. The number of rotatable bonds is 6. The van der Waals surface area contributed by atoms with Gasteiger partial charge in [-0.05, 0) is 33.6 Å². The molecule has 0 aromatic carbocycles. The molecule has 2 atom stereocenters. The van der Waals surface area contributed by atoms with Gasteiger partial charge in [-0.25, -0.2) is 4.79 Å². The first-order valence-corrected chi connectivity index (χ1v) is 7.03. The predicted octanol–water partition coefficient (Wildman–Crippen LogP) is 0.722. The van der Waals surface area contributed by atoms with E-state index in [0.29, 0.717) is 19.6 Å². The molecular formula is C13H25N3O3. The third kappa shape index (κ3) is 5.06. The summed E-state index contributed by atoms with van der Waals surface area (Å²) in [5.74, 6) is -0.0581. The summed E-state index contributed by atoms with van der Waals surface area (Å²) in [6.07, 6.45) is 2.14. The summed E-state index contributed by atoms with van der Waals surface area (Å²) in [5.41, 5.74) is 0. The van der Waals surface area contributed by atoms with Gasteiger partial charge in [-0.15, -0.1) is 0 Å². The van der Waals surface area contributed by atoms with Crippen molar-refractivity contribution in [2.24, 2.45) is 0 Å². The number of nitrogens with one attached hydrogen (secondary N) is 2. The van der Waals surface area contributed by atoms with Gasteiger partial charge in [0.1, 0.15) is 6.04 Å². The fraction of sp³-hybridized carbons (Fsp3) is 0.846. The highest BCUT2D eigenvalue weighted by atomic mass is 16.5. The van der Waals surface area contributed by atoms with Crippen LogP contribution in [0.15, 0.2) is 0 Å². The van der Waals surface area contributed by atoms with Crippen LogP contribution in [-0.4, -0.2) is 55.2 Å². The van der Waals surface area contributed by atoms with Crippen LogP contribution in [0.1, 0.15) is 33.6 Å². The number of hydrogen-bond donors (Lipinski definition) is 2. The van der Waals surface area contributed by atoms with Gasteiger partial charge < -0.3 is 20.3 Å². The number of urea groups is 1. The lowest BCUT2D eigenvalue weighted by atomic mass is 10.2. The number of carbonyl (C=O) groups excluding carboxylic acids is 2. The first kappa shape index (κ1) is 15.8. The number of hydrogen-bond acceptors (Lipinski definition) is 3. The minimum absolute atomic E-state index is 0.0581. The molecule has 3 amide bonds. The summed E-state index contributed by atoms with van der Waals surface area (Å²) in [6, 6.07) is -0.826. The van der Waals surface area contributed by atoms with E-state index in [-0.39, 0.29) is 18.0 Å². The van der Waals surface area contributed by atoms with Gasteiger partial charge in [-0.3, -0.25) is 4.79 Å². The van der Waals surface area contributed by atoms with E-state index >= 15 is 0 Å². The van der Waals surface area contributed by atoms with E-state index in [1.165, 1.54) is 0 Å². The maximum atomic E-state index is 12.0. The van der Waals surface area contributed by atoms with E-state index in [0.717, 1.165) is 19.4 Å². The second-order valence-electron chi connectivity index (χ2n) is 4.72. The smallest absolute Gasteiger partial charge is 0.315 e. The molecule has 110 valence electrons. The Hall–Kier alpha value is -1.30. The van der Waals surface area contributed by atoms with E-state index < -0.39 is 6.04 Å². The molecule has 1 heterocycles. The van der Waals surface area contributed by atoms with Crippen LogP contribution in [0, 0.1) is 0 Å². The van der Waals surface area contributed by atoms with Crippen LogP contribution in [0.5, 0.6) is 0 Å². The lowest BCUT2D eigenvalue weighted by Gasteiger charge is -2.23. The van der Waals surface area contributed by atoms with Crippen molar-refractivity contribution in [1.29, 1.82) is 0 Å². The topological polar surface area (TPSA) is 70.7 Å². The number of nitrogens with zero attached hydrogens (tertiary/aromatic N) is 1. The summed E-state index contributed by atoms with van der Waals surface area (Å²) in [7, 11) is 0. The Morgan fingerprint density at radius 3 is 2.58 bits per heavy atom.